The van der Waals surface area contributed by atoms with E-state index in [2.05, 4.69) is 21.9 Å². The molecule has 2 aromatic heterocycles. The number of carbonyl (C=O) groups is 1. The van der Waals surface area contributed by atoms with Crippen molar-refractivity contribution in [1.29, 1.82) is 0 Å². The van der Waals surface area contributed by atoms with Gasteiger partial charge in [0.25, 0.3) is 5.56 Å². The zero-order chi connectivity index (χ0) is 21.3. The summed E-state index contributed by atoms with van der Waals surface area (Å²) < 4.78 is 15.4. The number of aromatic nitrogens is 3. The largest absolute Gasteiger partial charge is 0.301 e. The normalized spacial score (nSPS) is 11.1. The second-order valence-corrected chi connectivity index (χ2v) is 8.64. The number of halogens is 2. The van der Waals surface area contributed by atoms with E-state index in [4.69, 9.17) is 11.6 Å². The Labute approximate surface area is 183 Å². The van der Waals surface area contributed by atoms with Crippen molar-refractivity contribution < 1.29 is 9.18 Å². The molecule has 0 saturated heterocycles. The van der Waals surface area contributed by atoms with Crippen molar-refractivity contribution in [2.24, 2.45) is 0 Å². The van der Waals surface area contributed by atoms with Crippen LogP contribution in [0.3, 0.4) is 0 Å². The maximum absolute atomic E-state index is 13.3. The molecule has 6 nitrogen and oxygen atoms in total. The first-order chi connectivity index (χ1) is 14.4. The average molecular weight is 461 g/mol. The van der Waals surface area contributed by atoms with Crippen LogP contribution in [-0.2, 0) is 11.3 Å². The molecule has 10 heteroatoms. The van der Waals surface area contributed by atoms with E-state index >= 15 is 0 Å². The number of fused-ring (bicyclic) bond motifs is 2. The molecule has 0 unspecified atom stereocenters. The topological polar surface area (TPSA) is 76.9 Å². The van der Waals surface area contributed by atoms with Crippen LogP contribution >= 0.6 is 34.7 Å². The van der Waals surface area contributed by atoms with Crippen LogP contribution in [0.25, 0.3) is 21.1 Å². The lowest BCUT2D eigenvalue weighted by molar-refractivity contribution is -0.113. The van der Waals surface area contributed by atoms with E-state index < -0.39 is 0 Å². The molecule has 0 spiro atoms. The average Bonchev–Trinajstić information content (AvgIpc) is 3.09. The fourth-order valence-electron chi connectivity index (χ4n) is 2.81. The number of allylic oxidation sites excluding steroid dienone is 1. The van der Waals surface area contributed by atoms with Crippen LogP contribution in [0.2, 0.25) is 5.02 Å². The summed E-state index contributed by atoms with van der Waals surface area (Å²) in [5, 5.41) is 4.38. The van der Waals surface area contributed by atoms with Crippen LogP contribution in [0, 0.1) is 5.82 Å². The molecule has 0 aliphatic rings. The van der Waals surface area contributed by atoms with Gasteiger partial charge in [-0.3, -0.25) is 14.2 Å². The SMILES string of the molecule is C=CCn1c(SCC(=O)Nc2nc3ccc(F)cc3s2)nc2cc(Cl)ccc2c1=O. The predicted molar refractivity (Wildman–Crippen MR) is 120 cm³/mol. The maximum atomic E-state index is 13.3. The van der Waals surface area contributed by atoms with E-state index in [0.717, 1.165) is 11.8 Å². The minimum Gasteiger partial charge on any atom is -0.301 e. The number of hydrogen-bond acceptors (Lipinski definition) is 6. The summed E-state index contributed by atoms with van der Waals surface area (Å²) >= 11 is 8.33. The number of anilines is 1. The lowest BCUT2D eigenvalue weighted by Crippen LogP contribution is -2.23. The molecule has 0 fully saturated rings. The van der Waals surface area contributed by atoms with Crippen molar-refractivity contribution in [2.75, 3.05) is 11.1 Å². The van der Waals surface area contributed by atoms with Gasteiger partial charge in [0.05, 0.1) is 26.9 Å². The van der Waals surface area contributed by atoms with Crippen LogP contribution in [0.4, 0.5) is 9.52 Å². The molecular formula is C20H14ClFN4O2S2. The lowest BCUT2D eigenvalue weighted by Gasteiger charge is -2.11. The molecule has 1 amide bonds. The van der Waals surface area contributed by atoms with Crippen molar-refractivity contribution in [3.63, 3.8) is 0 Å². The zero-order valence-corrected chi connectivity index (χ0v) is 17.8. The van der Waals surface area contributed by atoms with Gasteiger partial charge < -0.3 is 5.32 Å². The van der Waals surface area contributed by atoms with Crippen molar-refractivity contribution in [2.45, 2.75) is 11.7 Å². The van der Waals surface area contributed by atoms with Crippen LogP contribution in [0.1, 0.15) is 0 Å². The van der Waals surface area contributed by atoms with Gasteiger partial charge in [-0.25, -0.2) is 14.4 Å². The minimum atomic E-state index is -0.359. The molecule has 2 heterocycles. The fourth-order valence-corrected chi connectivity index (χ4v) is 4.69. The van der Waals surface area contributed by atoms with Gasteiger partial charge in [-0.2, -0.15) is 0 Å². The number of rotatable bonds is 6. The smallest absolute Gasteiger partial charge is 0.262 e. The maximum Gasteiger partial charge on any atom is 0.262 e. The van der Waals surface area contributed by atoms with E-state index in [1.165, 1.54) is 28.0 Å². The summed E-state index contributed by atoms with van der Waals surface area (Å²) in [5.74, 6) is -0.660. The number of nitrogens with one attached hydrogen (secondary N) is 1. The molecular weight excluding hydrogens is 447 g/mol. The number of thioether (sulfide) groups is 1. The number of benzene rings is 2. The van der Waals surface area contributed by atoms with Gasteiger partial charge in [-0.05, 0) is 36.4 Å². The Kier molecular flexibility index (Phi) is 5.85. The van der Waals surface area contributed by atoms with Crippen molar-refractivity contribution in [3.8, 4) is 0 Å². The first-order valence-corrected chi connectivity index (χ1v) is 10.9. The Morgan fingerprint density at radius 2 is 2.10 bits per heavy atom. The van der Waals surface area contributed by atoms with E-state index in [1.807, 2.05) is 0 Å². The van der Waals surface area contributed by atoms with Crippen LogP contribution < -0.4 is 10.9 Å². The molecule has 0 saturated carbocycles. The van der Waals surface area contributed by atoms with Gasteiger partial charge in [0.2, 0.25) is 5.91 Å². The Hall–Kier alpha value is -2.75. The number of hydrogen-bond donors (Lipinski definition) is 1. The molecule has 0 atom stereocenters. The first kappa shape index (κ1) is 20.5. The summed E-state index contributed by atoms with van der Waals surface area (Å²) in [7, 11) is 0. The number of amides is 1. The molecule has 30 heavy (non-hydrogen) atoms. The molecule has 1 N–H and O–H groups in total. The molecule has 0 aliphatic heterocycles. The third-order valence-corrected chi connectivity index (χ3v) is 6.27. The molecule has 4 rings (SSSR count). The highest BCUT2D eigenvalue weighted by atomic mass is 35.5. The highest BCUT2D eigenvalue weighted by Gasteiger charge is 2.14. The summed E-state index contributed by atoms with van der Waals surface area (Å²) in [6, 6.07) is 9.12. The molecule has 152 valence electrons. The molecule has 4 aromatic rings. The van der Waals surface area contributed by atoms with Crippen molar-refractivity contribution >= 4 is 66.9 Å². The predicted octanol–water partition coefficient (Wildman–Crippen LogP) is 4.72. The molecule has 0 bridgehead atoms. The van der Waals surface area contributed by atoms with Gasteiger partial charge in [0.15, 0.2) is 10.3 Å². The van der Waals surface area contributed by atoms with Crippen molar-refractivity contribution in [3.05, 3.63) is 70.2 Å². The number of thiazole rings is 1. The van der Waals surface area contributed by atoms with Crippen LogP contribution in [-0.4, -0.2) is 26.2 Å². The van der Waals surface area contributed by atoms with Gasteiger partial charge in [0, 0.05) is 11.6 Å². The summed E-state index contributed by atoms with van der Waals surface area (Å²) in [6.07, 6.45) is 1.59. The zero-order valence-electron chi connectivity index (χ0n) is 15.4. The third kappa shape index (κ3) is 4.23. The lowest BCUT2D eigenvalue weighted by atomic mass is 10.2. The Bertz CT molecular complexity index is 1350. The van der Waals surface area contributed by atoms with Crippen molar-refractivity contribution in [1.82, 2.24) is 14.5 Å². The molecule has 0 aliphatic carbocycles. The summed E-state index contributed by atoms with van der Waals surface area (Å²) in [4.78, 5) is 34.0. The fraction of sp³-hybridized carbons (Fsp3) is 0.100. The van der Waals surface area contributed by atoms with Crippen LogP contribution in [0.15, 0.2) is 59.0 Å². The highest BCUT2D eigenvalue weighted by Crippen LogP contribution is 2.27. The Balaban J connectivity index is 1.55. The second-order valence-electron chi connectivity index (χ2n) is 6.23. The monoisotopic (exact) mass is 460 g/mol. The van der Waals surface area contributed by atoms with Gasteiger partial charge in [-0.1, -0.05) is 40.8 Å². The quantitative estimate of drug-likeness (QED) is 0.256. The van der Waals surface area contributed by atoms with Gasteiger partial charge in [0.1, 0.15) is 5.82 Å². The first-order valence-electron chi connectivity index (χ1n) is 8.74. The van der Waals surface area contributed by atoms with Crippen LogP contribution in [0.5, 0.6) is 0 Å². The third-order valence-electron chi connectivity index (χ3n) is 4.12. The Morgan fingerprint density at radius 3 is 2.90 bits per heavy atom. The standard InChI is InChI=1S/C20H14ClFN4O2S2/c1-2-7-26-18(28)13-5-3-11(21)8-15(13)24-20(26)29-10-17(27)25-19-23-14-6-4-12(22)9-16(14)30-19/h2-6,8-9H,1,7,10H2,(H,23,25,27). The van der Waals surface area contributed by atoms with E-state index in [0.29, 0.717) is 36.4 Å². The number of carbonyl (C=O) groups excluding carboxylic acids is 1. The highest BCUT2D eigenvalue weighted by molar-refractivity contribution is 7.99. The minimum absolute atomic E-state index is 0.0138. The van der Waals surface area contributed by atoms with E-state index in [-0.39, 0.29) is 29.6 Å². The van der Waals surface area contributed by atoms with E-state index in [1.54, 1.807) is 30.3 Å². The van der Waals surface area contributed by atoms with Gasteiger partial charge in [-0.15, -0.1) is 6.58 Å². The van der Waals surface area contributed by atoms with E-state index in [9.17, 15) is 14.0 Å². The Morgan fingerprint density at radius 1 is 1.27 bits per heavy atom. The summed E-state index contributed by atoms with van der Waals surface area (Å²) in [6.45, 7) is 3.94. The molecule has 0 radical (unpaired) electrons. The second kappa shape index (κ2) is 8.55. The summed E-state index contributed by atoms with van der Waals surface area (Å²) in [5.41, 5.74) is 0.842. The molecule has 2 aromatic carbocycles. The van der Waals surface area contributed by atoms with Gasteiger partial charge >= 0.3 is 0 Å². The number of nitrogens with zero attached hydrogens (tertiary/aromatic N) is 3.